The summed E-state index contributed by atoms with van der Waals surface area (Å²) in [5.74, 6) is -0.540. The second-order valence-corrected chi connectivity index (χ2v) is 8.70. The van der Waals surface area contributed by atoms with E-state index in [1.165, 1.54) is 30.6 Å². The number of benzene rings is 2. The maximum absolute atomic E-state index is 14.3. The summed E-state index contributed by atoms with van der Waals surface area (Å²) < 4.78 is 56.9. The molecule has 0 saturated heterocycles. The van der Waals surface area contributed by atoms with Crippen LogP contribution in [0.15, 0.2) is 36.7 Å². The van der Waals surface area contributed by atoms with Crippen LogP contribution in [0.1, 0.15) is 18.9 Å². The molecule has 2 aromatic heterocycles. The Hall–Kier alpha value is -3.01. The minimum absolute atomic E-state index is 0.170. The average Bonchev–Trinajstić information content (AvgIpc) is 3.26. The van der Waals surface area contributed by atoms with Crippen LogP contribution in [0.2, 0.25) is 0 Å². The van der Waals surface area contributed by atoms with Gasteiger partial charge in [-0.3, -0.25) is 9.29 Å². The van der Waals surface area contributed by atoms with Crippen molar-refractivity contribution in [2.24, 2.45) is 0 Å². The lowest BCUT2D eigenvalue weighted by molar-refractivity contribution is 0.604. The zero-order chi connectivity index (χ0) is 19.6. The van der Waals surface area contributed by atoms with E-state index in [1.54, 1.807) is 10.6 Å². The Labute approximate surface area is 158 Å². The second-order valence-electron chi connectivity index (χ2n) is 6.96. The van der Waals surface area contributed by atoms with Gasteiger partial charge < -0.3 is 4.57 Å². The SMILES string of the molecule is CS(=O)(=O)Nc1cc2c(cc1F)ncn2-c1nc2ccc(F)cc2n1C1CC1. The topological polar surface area (TPSA) is 81.8 Å². The summed E-state index contributed by atoms with van der Waals surface area (Å²) >= 11 is 0. The second kappa shape index (κ2) is 5.74. The Morgan fingerprint density at radius 2 is 1.89 bits per heavy atom. The van der Waals surface area contributed by atoms with Gasteiger partial charge in [0.1, 0.15) is 18.0 Å². The molecule has 4 aromatic rings. The fraction of sp³-hybridized carbons (Fsp3) is 0.222. The molecule has 1 aliphatic carbocycles. The van der Waals surface area contributed by atoms with E-state index >= 15 is 0 Å². The summed E-state index contributed by atoms with van der Waals surface area (Å²) in [7, 11) is -3.65. The van der Waals surface area contributed by atoms with Crippen molar-refractivity contribution in [1.29, 1.82) is 0 Å². The molecule has 144 valence electrons. The number of aromatic nitrogens is 4. The summed E-state index contributed by atoms with van der Waals surface area (Å²) in [6.07, 6.45) is 4.37. The van der Waals surface area contributed by atoms with Crippen molar-refractivity contribution in [2.45, 2.75) is 18.9 Å². The molecule has 1 saturated carbocycles. The fourth-order valence-corrected chi connectivity index (χ4v) is 3.94. The first-order valence-electron chi connectivity index (χ1n) is 8.62. The van der Waals surface area contributed by atoms with Crippen molar-refractivity contribution in [3.8, 4) is 5.95 Å². The molecule has 0 aliphatic heterocycles. The Bertz CT molecular complexity index is 1360. The van der Waals surface area contributed by atoms with Gasteiger partial charge in [-0.05, 0) is 37.1 Å². The quantitative estimate of drug-likeness (QED) is 0.567. The van der Waals surface area contributed by atoms with Gasteiger partial charge in [-0.1, -0.05) is 0 Å². The molecule has 1 aliphatic rings. The summed E-state index contributed by atoms with van der Waals surface area (Å²) in [6, 6.07) is 7.17. The lowest BCUT2D eigenvalue weighted by Gasteiger charge is -2.10. The molecule has 28 heavy (non-hydrogen) atoms. The number of halogens is 2. The van der Waals surface area contributed by atoms with Gasteiger partial charge >= 0.3 is 0 Å². The molecule has 10 heteroatoms. The number of imidazole rings is 2. The van der Waals surface area contributed by atoms with Crippen LogP contribution in [0.3, 0.4) is 0 Å². The van der Waals surface area contributed by atoms with Gasteiger partial charge in [0.15, 0.2) is 0 Å². The van der Waals surface area contributed by atoms with E-state index in [-0.39, 0.29) is 17.5 Å². The molecule has 0 bridgehead atoms. The molecule has 0 unspecified atom stereocenters. The first kappa shape index (κ1) is 17.1. The molecular weight excluding hydrogens is 388 g/mol. The standard InChI is InChI=1S/C18H15F2N5O2S/c1-28(26,27)23-14-8-16-15(7-12(14)20)21-9-24(16)18-22-13-5-2-10(19)6-17(13)25(18)11-3-4-11/h2,5-9,11,23H,3-4H2,1H3. The van der Waals surface area contributed by atoms with Gasteiger partial charge in [-0.2, -0.15) is 0 Å². The predicted molar refractivity (Wildman–Crippen MR) is 101 cm³/mol. The summed E-state index contributed by atoms with van der Waals surface area (Å²) in [5, 5.41) is 0. The Morgan fingerprint density at radius 3 is 2.61 bits per heavy atom. The van der Waals surface area contributed by atoms with Crippen molar-refractivity contribution >= 4 is 37.8 Å². The number of hydrogen-bond donors (Lipinski definition) is 1. The van der Waals surface area contributed by atoms with E-state index in [1.807, 2.05) is 4.57 Å². The normalized spacial score (nSPS) is 14.8. The highest BCUT2D eigenvalue weighted by Crippen LogP contribution is 2.40. The van der Waals surface area contributed by atoms with Crippen LogP contribution in [-0.2, 0) is 10.0 Å². The van der Waals surface area contributed by atoms with Gasteiger partial charge in [-0.15, -0.1) is 0 Å². The molecule has 5 rings (SSSR count). The molecule has 0 atom stereocenters. The molecule has 1 fully saturated rings. The van der Waals surface area contributed by atoms with Gasteiger partial charge in [0, 0.05) is 12.1 Å². The van der Waals surface area contributed by atoms with Crippen LogP contribution in [0.5, 0.6) is 0 Å². The van der Waals surface area contributed by atoms with Crippen molar-refractivity contribution in [3.63, 3.8) is 0 Å². The lowest BCUT2D eigenvalue weighted by Crippen LogP contribution is -2.11. The molecule has 7 nitrogen and oxygen atoms in total. The molecule has 1 N–H and O–H groups in total. The molecule has 2 heterocycles. The maximum atomic E-state index is 14.3. The number of nitrogens with one attached hydrogen (secondary N) is 1. The van der Waals surface area contributed by atoms with Crippen molar-refractivity contribution in [2.75, 3.05) is 11.0 Å². The van der Waals surface area contributed by atoms with Crippen molar-refractivity contribution in [3.05, 3.63) is 48.3 Å². The zero-order valence-electron chi connectivity index (χ0n) is 14.7. The van der Waals surface area contributed by atoms with Gasteiger partial charge in [0.05, 0.1) is 34.0 Å². The van der Waals surface area contributed by atoms with E-state index in [0.29, 0.717) is 28.0 Å². The third-order valence-electron chi connectivity index (χ3n) is 4.69. The number of nitrogens with zero attached hydrogens (tertiary/aromatic N) is 4. The fourth-order valence-electron chi connectivity index (χ4n) is 3.38. The summed E-state index contributed by atoms with van der Waals surface area (Å²) in [4.78, 5) is 8.84. The highest BCUT2D eigenvalue weighted by atomic mass is 32.2. The third-order valence-corrected chi connectivity index (χ3v) is 5.28. The van der Waals surface area contributed by atoms with E-state index in [2.05, 4.69) is 14.7 Å². The third kappa shape index (κ3) is 2.80. The Morgan fingerprint density at radius 1 is 1.11 bits per heavy atom. The Balaban J connectivity index is 1.76. The number of rotatable bonds is 4. The number of sulfonamides is 1. The first-order chi connectivity index (χ1) is 13.3. The minimum atomic E-state index is -3.65. The zero-order valence-corrected chi connectivity index (χ0v) is 15.5. The highest BCUT2D eigenvalue weighted by Gasteiger charge is 2.29. The van der Waals surface area contributed by atoms with Gasteiger partial charge in [0.25, 0.3) is 0 Å². The van der Waals surface area contributed by atoms with Crippen LogP contribution >= 0.6 is 0 Å². The van der Waals surface area contributed by atoms with E-state index in [0.717, 1.165) is 19.1 Å². The van der Waals surface area contributed by atoms with Crippen molar-refractivity contribution in [1.82, 2.24) is 19.1 Å². The smallest absolute Gasteiger partial charge is 0.229 e. The average molecular weight is 403 g/mol. The molecule has 0 radical (unpaired) electrons. The van der Waals surface area contributed by atoms with Crippen molar-refractivity contribution < 1.29 is 17.2 Å². The van der Waals surface area contributed by atoms with Crippen LogP contribution in [-0.4, -0.2) is 33.8 Å². The predicted octanol–water partition coefficient (Wildman–Crippen LogP) is 3.36. The molecule has 0 spiro atoms. The number of anilines is 1. The Kier molecular flexibility index (Phi) is 3.51. The number of hydrogen-bond acceptors (Lipinski definition) is 4. The minimum Gasteiger partial charge on any atom is -0.306 e. The van der Waals surface area contributed by atoms with Gasteiger partial charge in [0.2, 0.25) is 16.0 Å². The van der Waals surface area contributed by atoms with E-state index < -0.39 is 15.8 Å². The molecule has 2 aromatic carbocycles. The van der Waals surface area contributed by atoms with E-state index in [9.17, 15) is 17.2 Å². The number of fused-ring (bicyclic) bond motifs is 2. The molecule has 0 amide bonds. The molecular formula is C18H15F2N5O2S. The lowest BCUT2D eigenvalue weighted by atomic mass is 10.2. The van der Waals surface area contributed by atoms with Crippen LogP contribution in [0.25, 0.3) is 28.0 Å². The largest absolute Gasteiger partial charge is 0.306 e. The summed E-state index contributed by atoms with van der Waals surface area (Å²) in [6.45, 7) is 0. The van der Waals surface area contributed by atoms with Crippen LogP contribution < -0.4 is 4.72 Å². The monoisotopic (exact) mass is 403 g/mol. The maximum Gasteiger partial charge on any atom is 0.229 e. The van der Waals surface area contributed by atoms with Crippen LogP contribution in [0.4, 0.5) is 14.5 Å². The first-order valence-corrected chi connectivity index (χ1v) is 10.5. The van der Waals surface area contributed by atoms with Crippen LogP contribution in [0, 0.1) is 11.6 Å². The highest BCUT2D eigenvalue weighted by molar-refractivity contribution is 7.92. The van der Waals surface area contributed by atoms with Gasteiger partial charge in [-0.25, -0.2) is 27.2 Å². The van der Waals surface area contributed by atoms with E-state index in [4.69, 9.17) is 0 Å². The summed E-state index contributed by atoms with van der Waals surface area (Å²) in [5.41, 5.74) is 2.00.